The second-order valence-electron chi connectivity index (χ2n) is 4.16. The smallest absolute Gasteiger partial charge is 0.360 e. The maximum atomic E-state index is 12.4. The van der Waals surface area contributed by atoms with Crippen molar-refractivity contribution >= 4 is 5.82 Å². The third-order valence-electron chi connectivity index (χ3n) is 2.73. The molecule has 2 aromatic rings. The molecule has 0 unspecified atom stereocenters. The number of alkyl halides is 3. The first-order valence-corrected chi connectivity index (χ1v) is 6.09. The van der Waals surface area contributed by atoms with Crippen LogP contribution in [0.2, 0.25) is 0 Å². The first kappa shape index (κ1) is 14.2. The lowest BCUT2D eigenvalue weighted by atomic mass is 10.1. The summed E-state index contributed by atoms with van der Waals surface area (Å²) in [7, 11) is 0. The maximum Gasteiger partial charge on any atom is 0.435 e. The maximum absolute atomic E-state index is 12.4. The van der Waals surface area contributed by atoms with Crippen LogP contribution in [0, 0.1) is 0 Å². The van der Waals surface area contributed by atoms with E-state index >= 15 is 0 Å². The van der Waals surface area contributed by atoms with Gasteiger partial charge in [-0.3, -0.25) is 4.98 Å². The summed E-state index contributed by atoms with van der Waals surface area (Å²) in [6.07, 6.45) is -2.09. The van der Waals surface area contributed by atoms with Crippen LogP contribution < -0.4 is 5.32 Å². The van der Waals surface area contributed by atoms with E-state index in [0.29, 0.717) is 0 Å². The van der Waals surface area contributed by atoms with Crippen LogP contribution in [0.3, 0.4) is 0 Å². The van der Waals surface area contributed by atoms with Gasteiger partial charge in [-0.1, -0.05) is 13.0 Å². The van der Waals surface area contributed by atoms with Crippen LogP contribution in [0.5, 0.6) is 0 Å². The molecular weight excluding hydrogens is 269 g/mol. The van der Waals surface area contributed by atoms with E-state index < -0.39 is 11.9 Å². The highest BCUT2D eigenvalue weighted by molar-refractivity contribution is 5.36. The van der Waals surface area contributed by atoms with Crippen LogP contribution in [0.15, 0.2) is 36.5 Å². The van der Waals surface area contributed by atoms with E-state index in [1.807, 2.05) is 19.1 Å². The van der Waals surface area contributed by atoms with Crippen LogP contribution in [-0.4, -0.2) is 15.2 Å². The van der Waals surface area contributed by atoms with Crippen molar-refractivity contribution in [2.75, 3.05) is 5.32 Å². The summed E-state index contributed by atoms with van der Waals surface area (Å²) in [6.45, 7) is 1.95. The molecule has 7 heteroatoms. The molecule has 2 rings (SSSR count). The molecule has 0 bridgehead atoms. The van der Waals surface area contributed by atoms with E-state index in [1.54, 1.807) is 12.3 Å². The zero-order valence-corrected chi connectivity index (χ0v) is 10.7. The Morgan fingerprint density at radius 3 is 2.45 bits per heavy atom. The summed E-state index contributed by atoms with van der Waals surface area (Å²) >= 11 is 0. The second kappa shape index (κ2) is 5.85. The molecule has 0 aromatic carbocycles. The fourth-order valence-corrected chi connectivity index (χ4v) is 1.71. The lowest BCUT2D eigenvalue weighted by Crippen LogP contribution is -2.14. The topological polar surface area (TPSA) is 50.7 Å². The van der Waals surface area contributed by atoms with Gasteiger partial charge in [0.05, 0.1) is 11.7 Å². The number of hydrogen-bond donors (Lipinski definition) is 1. The number of aromatic nitrogens is 3. The molecule has 20 heavy (non-hydrogen) atoms. The normalized spacial score (nSPS) is 13.0. The molecular formula is C13H13F3N4. The van der Waals surface area contributed by atoms with Gasteiger partial charge in [0, 0.05) is 6.20 Å². The third-order valence-corrected chi connectivity index (χ3v) is 2.73. The van der Waals surface area contributed by atoms with Gasteiger partial charge in [0.25, 0.3) is 0 Å². The van der Waals surface area contributed by atoms with E-state index in [0.717, 1.165) is 18.2 Å². The molecule has 0 spiro atoms. The van der Waals surface area contributed by atoms with Gasteiger partial charge in [-0.05, 0) is 30.7 Å². The number of nitrogens with one attached hydrogen (secondary N) is 1. The Bertz CT molecular complexity index is 540. The van der Waals surface area contributed by atoms with Crippen molar-refractivity contribution in [2.24, 2.45) is 0 Å². The SMILES string of the molecule is CC[C@H](Nc1ccc(C(F)(F)F)nn1)c1ccccn1. The highest BCUT2D eigenvalue weighted by Crippen LogP contribution is 2.27. The molecule has 0 aliphatic carbocycles. The van der Waals surface area contributed by atoms with Gasteiger partial charge in [-0.25, -0.2) is 0 Å². The van der Waals surface area contributed by atoms with Crippen molar-refractivity contribution in [3.05, 3.63) is 47.9 Å². The third kappa shape index (κ3) is 3.43. The molecule has 4 nitrogen and oxygen atoms in total. The summed E-state index contributed by atoms with van der Waals surface area (Å²) in [5.41, 5.74) is -0.203. The standard InChI is InChI=1S/C13H13F3N4/c1-2-9(10-5-3-4-8-17-10)18-12-7-6-11(19-20-12)13(14,15)16/h3-9H,2H2,1H3,(H,18,20)/t9-/m0/s1. The van der Waals surface area contributed by atoms with Crippen molar-refractivity contribution in [3.63, 3.8) is 0 Å². The Morgan fingerprint density at radius 2 is 1.95 bits per heavy atom. The molecule has 1 atom stereocenters. The van der Waals surface area contributed by atoms with Crippen LogP contribution in [0.25, 0.3) is 0 Å². The molecule has 0 fully saturated rings. The summed E-state index contributed by atoms with van der Waals surface area (Å²) in [6, 6.07) is 7.54. The van der Waals surface area contributed by atoms with E-state index in [2.05, 4.69) is 20.5 Å². The number of anilines is 1. The van der Waals surface area contributed by atoms with Gasteiger partial charge in [0.1, 0.15) is 5.82 Å². The Kier molecular flexibility index (Phi) is 4.16. The summed E-state index contributed by atoms with van der Waals surface area (Å²) in [4.78, 5) is 4.21. The minimum absolute atomic E-state index is 0.123. The largest absolute Gasteiger partial charge is 0.435 e. The van der Waals surface area contributed by atoms with Crippen LogP contribution >= 0.6 is 0 Å². The second-order valence-corrected chi connectivity index (χ2v) is 4.16. The zero-order chi connectivity index (χ0) is 14.6. The first-order valence-electron chi connectivity index (χ1n) is 6.09. The molecule has 2 heterocycles. The Labute approximate surface area is 114 Å². The van der Waals surface area contributed by atoms with Gasteiger partial charge < -0.3 is 5.32 Å². The molecule has 2 aromatic heterocycles. The summed E-state index contributed by atoms with van der Waals surface area (Å²) < 4.78 is 37.1. The lowest BCUT2D eigenvalue weighted by Gasteiger charge is -2.16. The van der Waals surface area contributed by atoms with E-state index in [4.69, 9.17) is 0 Å². The predicted molar refractivity (Wildman–Crippen MR) is 67.9 cm³/mol. The van der Waals surface area contributed by atoms with Crippen molar-refractivity contribution in [1.29, 1.82) is 0 Å². The fourth-order valence-electron chi connectivity index (χ4n) is 1.71. The average molecular weight is 282 g/mol. The highest BCUT2D eigenvalue weighted by Gasteiger charge is 2.32. The van der Waals surface area contributed by atoms with Crippen molar-refractivity contribution in [3.8, 4) is 0 Å². The number of halogens is 3. The van der Waals surface area contributed by atoms with Crippen LogP contribution in [-0.2, 0) is 6.18 Å². The van der Waals surface area contributed by atoms with Gasteiger partial charge in [0.15, 0.2) is 5.69 Å². The van der Waals surface area contributed by atoms with Gasteiger partial charge in [-0.15, -0.1) is 10.2 Å². The molecule has 0 saturated carbocycles. The van der Waals surface area contributed by atoms with Crippen LogP contribution in [0.1, 0.15) is 30.8 Å². The minimum Gasteiger partial charge on any atom is -0.360 e. The van der Waals surface area contributed by atoms with Gasteiger partial charge >= 0.3 is 6.18 Å². The quantitative estimate of drug-likeness (QED) is 0.933. The average Bonchev–Trinajstić information content (AvgIpc) is 2.45. The van der Waals surface area contributed by atoms with Gasteiger partial charge in [0.2, 0.25) is 0 Å². The molecule has 0 amide bonds. The Hall–Kier alpha value is -2.18. The lowest BCUT2D eigenvalue weighted by molar-refractivity contribution is -0.141. The molecule has 0 radical (unpaired) electrons. The monoisotopic (exact) mass is 282 g/mol. The molecule has 0 aliphatic rings. The van der Waals surface area contributed by atoms with Crippen molar-refractivity contribution in [1.82, 2.24) is 15.2 Å². The zero-order valence-electron chi connectivity index (χ0n) is 10.7. The number of nitrogens with zero attached hydrogens (tertiary/aromatic N) is 3. The molecule has 106 valence electrons. The van der Waals surface area contributed by atoms with E-state index in [-0.39, 0.29) is 11.9 Å². The Balaban J connectivity index is 2.13. The molecule has 0 aliphatic heterocycles. The summed E-state index contributed by atoms with van der Waals surface area (Å²) in [5.74, 6) is 0.288. The highest BCUT2D eigenvalue weighted by atomic mass is 19.4. The van der Waals surface area contributed by atoms with E-state index in [9.17, 15) is 13.2 Å². The van der Waals surface area contributed by atoms with Gasteiger partial charge in [-0.2, -0.15) is 13.2 Å². The Morgan fingerprint density at radius 1 is 1.15 bits per heavy atom. The molecule has 0 saturated heterocycles. The first-order chi connectivity index (χ1) is 9.50. The number of hydrogen-bond acceptors (Lipinski definition) is 4. The minimum atomic E-state index is -4.48. The number of pyridine rings is 1. The summed E-state index contributed by atoms with van der Waals surface area (Å²) in [5, 5.41) is 9.74. The molecule has 1 N–H and O–H groups in total. The van der Waals surface area contributed by atoms with Crippen molar-refractivity contribution < 1.29 is 13.2 Å². The van der Waals surface area contributed by atoms with Crippen LogP contribution in [0.4, 0.5) is 19.0 Å². The predicted octanol–water partition coefficient (Wildman–Crippen LogP) is 3.45. The van der Waals surface area contributed by atoms with Crippen molar-refractivity contribution in [2.45, 2.75) is 25.6 Å². The van der Waals surface area contributed by atoms with E-state index in [1.165, 1.54) is 6.07 Å². The fraction of sp³-hybridized carbons (Fsp3) is 0.308. The number of rotatable bonds is 4.